The van der Waals surface area contributed by atoms with Gasteiger partial charge in [0, 0.05) is 28.6 Å². The molecule has 2 N–H and O–H groups in total. The molecule has 0 aromatic carbocycles. The molecule has 0 atom stereocenters. The molecule has 3 rings (SSSR count). The number of terminal acetylenes is 1. The van der Waals surface area contributed by atoms with Gasteiger partial charge in [-0.15, -0.1) is 6.42 Å². The van der Waals surface area contributed by atoms with E-state index in [9.17, 15) is 4.79 Å². The zero-order valence-corrected chi connectivity index (χ0v) is 14.6. The van der Waals surface area contributed by atoms with Crippen LogP contribution in [0.25, 0.3) is 10.8 Å². The van der Waals surface area contributed by atoms with Crippen molar-refractivity contribution in [2.75, 3.05) is 10.6 Å². The van der Waals surface area contributed by atoms with Crippen molar-refractivity contribution < 1.29 is 4.79 Å². The number of fused-ring (bicyclic) bond motifs is 1. The van der Waals surface area contributed by atoms with Gasteiger partial charge in [0.15, 0.2) is 0 Å². The van der Waals surface area contributed by atoms with Crippen LogP contribution in [-0.2, 0) is 4.79 Å². The second kappa shape index (κ2) is 7.35. The monoisotopic (exact) mass is 334 g/mol. The van der Waals surface area contributed by atoms with Crippen molar-refractivity contribution in [3.63, 3.8) is 0 Å². The lowest BCUT2D eigenvalue weighted by Crippen LogP contribution is -2.17. The molecule has 0 saturated carbocycles. The van der Waals surface area contributed by atoms with Gasteiger partial charge in [-0.05, 0) is 51.7 Å². The Morgan fingerprint density at radius 3 is 2.84 bits per heavy atom. The Hall–Kier alpha value is -2.87. The summed E-state index contributed by atoms with van der Waals surface area (Å²) in [4.78, 5) is 21.2. The highest BCUT2D eigenvalue weighted by Gasteiger charge is 2.14. The van der Waals surface area contributed by atoms with Gasteiger partial charge in [-0.2, -0.15) is 0 Å². The van der Waals surface area contributed by atoms with Crippen LogP contribution >= 0.6 is 0 Å². The summed E-state index contributed by atoms with van der Waals surface area (Å²) in [7, 11) is 0. The lowest BCUT2D eigenvalue weighted by Gasteiger charge is -2.15. The number of nitrogens with zero attached hydrogens (tertiary/aromatic N) is 2. The molecule has 1 aliphatic rings. The second-order valence-corrected chi connectivity index (χ2v) is 6.52. The molecule has 0 unspecified atom stereocenters. The summed E-state index contributed by atoms with van der Waals surface area (Å²) in [5.74, 6) is 3.72. The van der Waals surface area contributed by atoms with Crippen molar-refractivity contribution in [1.82, 2.24) is 9.97 Å². The molecule has 2 aromatic heterocycles. The molecule has 0 spiro atoms. The zero-order valence-electron chi connectivity index (χ0n) is 14.6. The number of pyridine rings is 2. The van der Waals surface area contributed by atoms with E-state index in [1.54, 1.807) is 6.20 Å². The van der Waals surface area contributed by atoms with Gasteiger partial charge in [-0.1, -0.05) is 12.0 Å². The van der Waals surface area contributed by atoms with Crippen LogP contribution in [0.1, 0.15) is 45.2 Å². The number of anilines is 2. The highest BCUT2D eigenvalue weighted by molar-refractivity contribution is 6.04. The molecule has 5 nitrogen and oxygen atoms in total. The maximum Gasteiger partial charge on any atom is 0.252 e. The van der Waals surface area contributed by atoms with Gasteiger partial charge in [0.1, 0.15) is 17.3 Å². The molecule has 2 heterocycles. The molecule has 2 aromatic rings. The molecule has 0 saturated heterocycles. The van der Waals surface area contributed by atoms with Gasteiger partial charge in [0.2, 0.25) is 0 Å². The number of rotatable bonds is 4. The van der Waals surface area contributed by atoms with Crippen LogP contribution in [0.5, 0.6) is 0 Å². The number of hydrogen-bond acceptors (Lipinski definition) is 4. The first kappa shape index (κ1) is 17.0. The normalized spacial score (nSPS) is 14.1. The van der Waals surface area contributed by atoms with Crippen LogP contribution in [0.3, 0.4) is 0 Å². The molecule has 1 aliphatic carbocycles. The fourth-order valence-corrected chi connectivity index (χ4v) is 2.91. The van der Waals surface area contributed by atoms with Gasteiger partial charge < -0.3 is 10.6 Å². The molecule has 0 radical (unpaired) electrons. The molecule has 1 amide bonds. The van der Waals surface area contributed by atoms with E-state index in [2.05, 4.69) is 26.5 Å². The van der Waals surface area contributed by atoms with E-state index < -0.39 is 0 Å². The summed E-state index contributed by atoms with van der Waals surface area (Å²) in [6.45, 7) is 4.07. The van der Waals surface area contributed by atoms with Crippen molar-refractivity contribution in [3.05, 3.63) is 35.7 Å². The van der Waals surface area contributed by atoms with Crippen molar-refractivity contribution in [2.24, 2.45) is 0 Å². The third-order valence-corrected chi connectivity index (χ3v) is 4.11. The number of aromatic nitrogens is 2. The number of carbonyl (C=O) groups excluding carboxylic acids is 1. The fourth-order valence-electron chi connectivity index (χ4n) is 2.91. The summed E-state index contributed by atoms with van der Waals surface area (Å²) in [6, 6.07) is 3.87. The standard InChI is InChI=1S/C20H22N4O/c1-4-16-10-15-12-21-18(11-17(15)19(23-16)22-13(2)3)24-20(25)14-8-6-5-7-9-14/h1,8,10-13H,5-7,9H2,2-3H3,(H,22,23)(H,21,24,25). The number of carbonyl (C=O) groups is 1. The molecule has 128 valence electrons. The third kappa shape index (κ3) is 3.97. The van der Waals surface area contributed by atoms with Gasteiger partial charge in [0.25, 0.3) is 5.91 Å². The first-order valence-electron chi connectivity index (χ1n) is 8.61. The van der Waals surface area contributed by atoms with E-state index in [0.29, 0.717) is 17.3 Å². The molecule has 0 bridgehead atoms. The van der Waals surface area contributed by atoms with Crippen molar-refractivity contribution in [1.29, 1.82) is 0 Å². The van der Waals surface area contributed by atoms with Crippen molar-refractivity contribution in [2.45, 2.75) is 45.6 Å². The zero-order chi connectivity index (χ0) is 17.8. The second-order valence-electron chi connectivity index (χ2n) is 6.52. The Balaban J connectivity index is 1.94. The minimum atomic E-state index is -0.0712. The van der Waals surface area contributed by atoms with Crippen LogP contribution in [-0.4, -0.2) is 21.9 Å². The van der Waals surface area contributed by atoms with Gasteiger partial charge in [-0.3, -0.25) is 4.79 Å². The third-order valence-electron chi connectivity index (χ3n) is 4.11. The lowest BCUT2D eigenvalue weighted by atomic mass is 9.99. The number of hydrogen-bond donors (Lipinski definition) is 2. The van der Waals surface area contributed by atoms with E-state index in [0.717, 1.165) is 42.0 Å². The Labute approximate surface area is 147 Å². The minimum Gasteiger partial charge on any atom is -0.367 e. The molecular formula is C20H22N4O. The largest absolute Gasteiger partial charge is 0.367 e. The van der Waals surface area contributed by atoms with Gasteiger partial charge >= 0.3 is 0 Å². The summed E-state index contributed by atoms with van der Waals surface area (Å²) in [6.07, 6.45) is 13.2. The van der Waals surface area contributed by atoms with Crippen LogP contribution in [0.15, 0.2) is 30.0 Å². The molecule has 25 heavy (non-hydrogen) atoms. The maximum atomic E-state index is 12.4. The number of nitrogens with one attached hydrogen (secondary N) is 2. The number of allylic oxidation sites excluding steroid dienone is 1. The van der Waals surface area contributed by atoms with Crippen LogP contribution in [0, 0.1) is 12.3 Å². The van der Waals surface area contributed by atoms with E-state index in [-0.39, 0.29) is 11.9 Å². The molecule has 0 fully saturated rings. The summed E-state index contributed by atoms with van der Waals surface area (Å²) in [5, 5.41) is 7.98. The molecule has 0 aliphatic heterocycles. The maximum absolute atomic E-state index is 12.4. The Kier molecular flexibility index (Phi) is 4.99. The van der Waals surface area contributed by atoms with E-state index in [1.165, 1.54) is 0 Å². The summed E-state index contributed by atoms with van der Waals surface area (Å²) < 4.78 is 0. The first-order valence-corrected chi connectivity index (χ1v) is 8.61. The van der Waals surface area contributed by atoms with E-state index in [4.69, 9.17) is 6.42 Å². The highest BCUT2D eigenvalue weighted by atomic mass is 16.1. The Morgan fingerprint density at radius 1 is 1.32 bits per heavy atom. The van der Waals surface area contributed by atoms with Crippen LogP contribution in [0.2, 0.25) is 0 Å². The average Bonchev–Trinajstić information content (AvgIpc) is 2.62. The smallest absolute Gasteiger partial charge is 0.252 e. The van der Waals surface area contributed by atoms with E-state index in [1.807, 2.05) is 32.1 Å². The number of amides is 1. The Morgan fingerprint density at radius 2 is 2.16 bits per heavy atom. The lowest BCUT2D eigenvalue weighted by molar-refractivity contribution is -0.113. The SMILES string of the molecule is C#Cc1cc2cnc(NC(=O)C3=CCCCC3)cc2c(NC(C)C)n1. The van der Waals surface area contributed by atoms with Crippen LogP contribution < -0.4 is 10.6 Å². The average molecular weight is 334 g/mol. The Bertz CT molecular complexity index is 877. The van der Waals surface area contributed by atoms with E-state index >= 15 is 0 Å². The molecule has 5 heteroatoms. The van der Waals surface area contributed by atoms with Gasteiger partial charge in [-0.25, -0.2) is 9.97 Å². The summed E-state index contributed by atoms with van der Waals surface area (Å²) >= 11 is 0. The first-order chi connectivity index (χ1) is 12.1. The summed E-state index contributed by atoms with van der Waals surface area (Å²) in [5.41, 5.74) is 1.40. The van der Waals surface area contributed by atoms with Crippen molar-refractivity contribution >= 4 is 28.3 Å². The molecular weight excluding hydrogens is 312 g/mol. The fraction of sp³-hybridized carbons (Fsp3) is 0.350. The predicted octanol–water partition coefficient (Wildman–Crippen LogP) is 3.87. The van der Waals surface area contributed by atoms with Gasteiger partial charge in [0.05, 0.1) is 0 Å². The van der Waals surface area contributed by atoms with Crippen LogP contribution in [0.4, 0.5) is 11.6 Å². The predicted molar refractivity (Wildman–Crippen MR) is 101 cm³/mol. The quantitative estimate of drug-likeness (QED) is 0.833. The minimum absolute atomic E-state index is 0.0712. The van der Waals surface area contributed by atoms with Crippen molar-refractivity contribution in [3.8, 4) is 12.3 Å². The highest BCUT2D eigenvalue weighted by Crippen LogP contribution is 2.26. The topological polar surface area (TPSA) is 66.9 Å².